The number of quaternary nitrogens is 1. The van der Waals surface area contributed by atoms with Gasteiger partial charge in [0, 0.05) is 13.0 Å². The SMILES string of the molecule is c1nc(C[N+]23CCCN(CNCNC2)C3)no1. The van der Waals surface area contributed by atoms with Gasteiger partial charge in [-0.05, 0) is 0 Å². The van der Waals surface area contributed by atoms with Crippen LogP contribution in [-0.2, 0) is 6.54 Å². The molecule has 2 fully saturated rings. The zero-order chi connectivity index (χ0) is 11.6. The number of hydrogen-bond donors (Lipinski definition) is 2. The summed E-state index contributed by atoms with van der Waals surface area (Å²) in [6, 6.07) is 0. The average molecular weight is 239 g/mol. The Bertz CT molecular complexity index is 356. The van der Waals surface area contributed by atoms with E-state index in [0.717, 1.165) is 43.5 Å². The minimum atomic E-state index is 0.808. The summed E-state index contributed by atoms with van der Waals surface area (Å²) in [6.07, 6.45) is 2.63. The lowest BCUT2D eigenvalue weighted by Crippen LogP contribution is -2.65. The minimum Gasteiger partial charge on any atom is -0.343 e. The van der Waals surface area contributed by atoms with Gasteiger partial charge in [-0.1, -0.05) is 5.16 Å². The Labute approximate surface area is 100 Å². The van der Waals surface area contributed by atoms with Crippen LogP contribution in [0.2, 0.25) is 0 Å². The fourth-order valence-corrected chi connectivity index (χ4v) is 2.80. The van der Waals surface area contributed by atoms with E-state index in [4.69, 9.17) is 4.52 Å². The molecule has 1 aromatic heterocycles. The molecule has 0 saturated carbocycles. The summed E-state index contributed by atoms with van der Waals surface area (Å²) in [5.74, 6) is 0.808. The summed E-state index contributed by atoms with van der Waals surface area (Å²) in [7, 11) is 0. The molecule has 1 aromatic rings. The lowest BCUT2D eigenvalue weighted by Gasteiger charge is -2.46. The summed E-state index contributed by atoms with van der Waals surface area (Å²) in [4.78, 5) is 6.61. The van der Waals surface area contributed by atoms with Gasteiger partial charge in [-0.3, -0.25) is 15.1 Å². The van der Waals surface area contributed by atoms with Crippen molar-refractivity contribution in [1.29, 1.82) is 0 Å². The van der Waals surface area contributed by atoms with Crippen molar-refractivity contribution < 1.29 is 9.01 Å². The first-order valence-corrected chi connectivity index (χ1v) is 6.11. The van der Waals surface area contributed by atoms with Gasteiger partial charge in [0.2, 0.25) is 12.2 Å². The molecule has 2 atom stereocenters. The lowest BCUT2D eigenvalue weighted by atomic mass is 10.2. The fraction of sp³-hybridized carbons (Fsp3) is 0.800. The van der Waals surface area contributed by atoms with Crippen LogP contribution in [0.1, 0.15) is 12.2 Å². The molecule has 7 heteroatoms. The number of nitrogens with one attached hydrogen (secondary N) is 2. The third-order valence-corrected chi connectivity index (χ3v) is 3.52. The third-order valence-electron chi connectivity index (χ3n) is 3.52. The van der Waals surface area contributed by atoms with Crippen molar-refractivity contribution in [3.8, 4) is 0 Å². The molecule has 0 aliphatic carbocycles. The smallest absolute Gasteiger partial charge is 0.226 e. The first-order chi connectivity index (χ1) is 8.36. The number of aromatic nitrogens is 2. The molecule has 2 N–H and O–H groups in total. The van der Waals surface area contributed by atoms with E-state index >= 15 is 0 Å². The Kier molecular flexibility index (Phi) is 3.06. The van der Waals surface area contributed by atoms with Crippen molar-refractivity contribution in [2.75, 3.05) is 39.8 Å². The molecule has 3 rings (SSSR count). The van der Waals surface area contributed by atoms with Crippen LogP contribution in [0, 0.1) is 0 Å². The predicted molar refractivity (Wildman–Crippen MR) is 60.2 cm³/mol. The molecule has 2 aliphatic rings. The summed E-state index contributed by atoms with van der Waals surface area (Å²) in [6.45, 7) is 7.03. The number of hydrogen-bond acceptors (Lipinski definition) is 6. The van der Waals surface area contributed by atoms with Gasteiger partial charge in [0.25, 0.3) is 0 Å². The zero-order valence-corrected chi connectivity index (χ0v) is 9.93. The molecule has 94 valence electrons. The van der Waals surface area contributed by atoms with Crippen LogP contribution in [0.15, 0.2) is 10.9 Å². The Morgan fingerprint density at radius 1 is 1.47 bits per heavy atom. The Hall–Kier alpha value is -1.02. The molecular weight excluding hydrogens is 220 g/mol. The van der Waals surface area contributed by atoms with Crippen LogP contribution in [0.3, 0.4) is 0 Å². The monoisotopic (exact) mass is 239 g/mol. The van der Waals surface area contributed by atoms with Crippen molar-refractivity contribution in [2.45, 2.75) is 13.0 Å². The third kappa shape index (κ3) is 2.47. The Morgan fingerprint density at radius 2 is 2.47 bits per heavy atom. The Morgan fingerprint density at radius 3 is 3.35 bits per heavy atom. The van der Waals surface area contributed by atoms with Gasteiger partial charge >= 0.3 is 0 Å². The molecule has 7 nitrogen and oxygen atoms in total. The van der Waals surface area contributed by atoms with E-state index in [2.05, 4.69) is 25.7 Å². The van der Waals surface area contributed by atoms with E-state index in [1.165, 1.54) is 25.9 Å². The van der Waals surface area contributed by atoms with Crippen LogP contribution in [0.25, 0.3) is 0 Å². The highest BCUT2D eigenvalue weighted by Gasteiger charge is 2.35. The average Bonchev–Trinajstić information content (AvgIpc) is 2.80. The summed E-state index contributed by atoms with van der Waals surface area (Å²) in [5.41, 5.74) is 0. The van der Waals surface area contributed by atoms with Gasteiger partial charge in [-0.2, -0.15) is 4.98 Å². The molecule has 2 saturated heterocycles. The van der Waals surface area contributed by atoms with E-state index in [1.54, 1.807) is 0 Å². The van der Waals surface area contributed by atoms with Gasteiger partial charge in [-0.15, -0.1) is 0 Å². The molecule has 17 heavy (non-hydrogen) atoms. The summed E-state index contributed by atoms with van der Waals surface area (Å²) < 4.78 is 5.82. The molecule has 0 amide bonds. The van der Waals surface area contributed by atoms with Gasteiger partial charge in [0.05, 0.1) is 19.9 Å². The molecular formula is C10H19N6O+. The molecule has 2 unspecified atom stereocenters. The molecule has 2 aliphatic heterocycles. The van der Waals surface area contributed by atoms with Crippen LogP contribution < -0.4 is 10.6 Å². The molecule has 0 aromatic carbocycles. The second kappa shape index (κ2) is 4.69. The van der Waals surface area contributed by atoms with Gasteiger partial charge in [0.1, 0.15) is 19.9 Å². The van der Waals surface area contributed by atoms with E-state index in [1.807, 2.05) is 0 Å². The summed E-state index contributed by atoms with van der Waals surface area (Å²) in [5, 5.41) is 10.8. The summed E-state index contributed by atoms with van der Waals surface area (Å²) >= 11 is 0. The normalized spacial score (nSPS) is 34.0. The number of fused-ring (bicyclic) bond motifs is 2. The van der Waals surface area contributed by atoms with Crippen molar-refractivity contribution in [1.82, 2.24) is 25.7 Å². The van der Waals surface area contributed by atoms with E-state index in [9.17, 15) is 0 Å². The number of rotatable bonds is 2. The highest BCUT2D eigenvalue weighted by Crippen LogP contribution is 2.19. The first-order valence-electron chi connectivity index (χ1n) is 6.11. The molecule has 2 bridgehead atoms. The van der Waals surface area contributed by atoms with Crippen molar-refractivity contribution in [3.05, 3.63) is 12.2 Å². The van der Waals surface area contributed by atoms with Gasteiger partial charge in [-0.25, -0.2) is 4.90 Å². The first kappa shape index (κ1) is 11.1. The van der Waals surface area contributed by atoms with Crippen LogP contribution in [-0.4, -0.2) is 59.3 Å². The highest BCUT2D eigenvalue weighted by molar-refractivity contribution is 4.75. The molecule has 0 spiro atoms. The quantitative estimate of drug-likeness (QED) is 0.653. The second-order valence-electron chi connectivity index (χ2n) is 4.95. The van der Waals surface area contributed by atoms with Crippen LogP contribution >= 0.6 is 0 Å². The number of nitrogens with zero attached hydrogens (tertiary/aromatic N) is 4. The topological polar surface area (TPSA) is 66.2 Å². The minimum absolute atomic E-state index is 0.808. The molecule has 0 radical (unpaired) electrons. The molecule has 3 heterocycles. The van der Waals surface area contributed by atoms with Crippen LogP contribution in [0.5, 0.6) is 0 Å². The van der Waals surface area contributed by atoms with Gasteiger partial charge in [0.15, 0.2) is 0 Å². The van der Waals surface area contributed by atoms with Crippen LogP contribution in [0.4, 0.5) is 0 Å². The van der Waals surface area contributed by atoms with Gasteiger partial charge < -0.3 is 4.52 Å². The zero-order valence-electron chi connectivity index (χ0n) is 9.93. The van der Waals surface area contributed by atoms with Crippen molar-refractivity contribution in [3.63, 3.8) is 0 Å². The maximum atomic E-state index is 4.83. The fourth-order valence-electron chi connectivity index (χ4n) is 2.80. The lowest BCUT2D eigenvalue weighted by molar-refractivity contribution is -0.958. The maximum Gasteiger partial charge on any atom is 0.226 e. The van der Waals surface area contributed by atoms with Crippen molar-refractivity contribution >= 4 is 0 Å². The standard InChI is InChI=1S/C10H19N6O/c1-2-15-6-11-5-12-7-16(3-1,9-15)4-10-13-8-17-14-10/h8,11-12H,1-7,9H2/q+1. The van der Waals surface area contributed by atoms with E-state index in [0.29, 0.717) is 0 Å². The van der Waals surface area contributed by atoms with Crippen molar-refractivity contribution in [2.24, 2.45) is 0 Å². The maximum absolute atomic E-state index is 4.83. The largest absolute Gasteiger partial charge is 0.343 e. The highest BCUT2D eigenvalue weighted by atomic mass is 16.5. The van der Waals surface area contributed by atoms with E-state index in [-0.39, 0.29) is 0 Å². The second-order valence-corrected chi connectivity index (χ2v) is 4.95. The Balaban J connectivity index is 1.76. The predicted octanol–water partition coefficient (Wildman–Crippen LogP) is -0.885. The van der Waals surface area contributed by atoms with E-state index < -0.39 is 0 Å².